The van der Waals surface area contributed by atoms with Crippen molar-refractivity contribution in [3.05, 3.63) is 59.2 Å². The molecular weight excluding hydrogens is 358 g/mol. The van der Waals surface area contributed by atoms with Crippen molar-refractivity contribution in [1.29, 1.82) is 0 Å². The summed E-state index contributed by atoms with van der Waals surface area (Å²) in [6, 6.07) is 12.5. The van der Waals surface area contributed by atoms with E-state index >= 15 is 0 Å². The first-order valence-corrected chi connectivity index (χ1v) is 9.11. The number of ether oxygens (including phenoxy) is 2. The summed E-state index contributed by atoms with van der Waals surface area (Å²) in [5.41, 5.74) is 3.39. The normalized spacial score (nSPS) is 10.2. The van der Waals surface area contributed by atoms with Gasteiger partial charge in [0.2, 0.25) is 0 Å². The van der Waals surface area contributed by atoms with Gasteiger partial charge in [0.25, 0.3) is 5.91 Å². The number of aryl methyl sites for hydroxylation is 2. The largest absolute Gasteiger partial charge is 0.494 e. The maximum Gasteiger partial charge on any atom is 0.306 e. The summed E-state index contributed by atoms with van der Waals surface area (Å²) in [5.74, 6) is -0.199. The van der Waals surface area contributed by atoms with Crippen LogP contribution in [0.5, 0.6) is 5.75 Å². The van der Waals surface area contributed by atoms with E-state index in [1.165, 1.54) is 6.92 Å². The molecule has 2 rings (SSSR count). The third-order valence-corrected chi connectivity index (χ3v) is 4.08. The Morgan fingerprint density at radius 1 is 1.00 bits per heavy atom. The van der Waals surface area contributed by atoms with Gasteiger partial charge >= 0.3 is 5.97 Å². The molecule has 6 nitrogen and oxygen atoms in total. The van der Waals surface area contributed by atoms with Crippen molar-refractivity contribution in [2.75, 3.05) is 18.5 Å². The van der Waals surface area contributed by atoms with E-state index in [1.54, 1.807) is 24.3 Å². The van der Waals surface area contributed by atoms with Gasteiger partial charge in [-0.15, -0.1) is 0 Å². The van der Waals surface area contributed by atoms with Crippen molar-refractivity contribution in [2.24, 2.45) is 0 Å². The average Bonchev–Trinajstić information content (AvgIpc) is 2.66. The second-order valence-electron chi connectivity index (χ2n) is 6.56. The van der Waals surface area contributed by atoms with Crippen LogP contribution in [0.25, 0.3) is 0 Å². The van der Waals surface area contributed by atoms with Crippen LogP contribution in [0.15, 0.2) is 42.5 Å². The molecule has 0 radical (unpaired) electrons. The number of nitrogens with one attached hydrogen (secondary N) is 1. The maximum absolute atomic E-state index is 11.9. The van der Waals surface area contributed by atoms with Crippen molar-refractivity contribution >= 4 is 23.3 Å². The molecule has 0 aliphatic heterocycles. The van der Waals surface area contributed by atoms with Crippen molar-refractivity contribution in [1.82, 2.24) is 0 Å². The number of hydrogen-bond acceptors (Lipinski definition) is 5. The minimum Gasteiger partial charge on any atom is -0.494 e. The summed E-state index contributed by atoms with van der Waals surface area (Å²) in [6.45, 7) is 5.40. The summed E-state index contributed by atoms with van der Waals surface area (Å²) in [6.07, 6.45) is 0.619. The molecule has 6 heteroatoms. The Labute approximate surface area is 164 Å². The van der Waals surface area contributed by atoms with Crippen LogP contribution in [0.1, 0.15) is 41.3 Å². The number of amides is 1. The van der Waals surface area contributed by atoms with Crippen LogP contribution in [-0.4, -0.2) is 30.9 Å². The number of hydrogen-bond donors (Lipinski definition) is 1. The van der Waals surface area contributed by atoms with Crippen LogP contribution < -0.4 is 10.1 Å². The summed E-state index contributed by atoms with van der Waals surface area (Å²) in [7, 11) is 0. The van der Waals surface area contributed by atoms with Crippen LogP contribution in [-0.2, 0) is 14.3 Å². The quantitative estimate of drug-likeness (QED) is 0.404. The number of carbonyl (C=O) groups is 3. The van der Waals surface area contributed by atoms with Gasteiger partial charge in [0.15, 0.2) is 12.4 Å². The Bertz CT molecular complexity index is 843. The third kappa shape index (κ3) is 6.87. The van der Waals surface area contributed by atoms with E-state index in [9.17, 15) is 14.4 Å². The van der Waals surface area contributed by atoms with Gasteiger partial charge < -0.3 is 14.8 Å². The predicted octanol–water partition coefficient (Wildman–Crippen LogP) is 3.85. The van der Waals surface area contributed by atoms with Gasteiger partial charge in [-0.1, -0.05) is 17.7 Å². The monoisotopic (exact) mass is 383 g/mol. The van der Waals surface area contributed by atoms with E-state index in [4.69, 9.17) is 9.47 Å². The van der Waals surface area contributed by atoms with E-state index in [1.807, 2.05) is 32.0 Å². The molecule has 0 aromatic heterocycles. The molecule has 0 atom stereocenters. The second kappa shape index (κ2) is 10.3. The molecule has 2 aromatic rings. The van der Waals surface area contributed by atoms with Crippen molar-refractivity contribution in [3.8, 4) is 5.75 Å². The molecule has 0 aliphatic carbocycles. The van der Waals surface area contributed by atoms with E-state index in [-0.39, 0.29) is 24.7 Å². The van der Waals surface area contributed by atoms with Gasteiger partial charge in [-0.05, 0) is 63.1 Å². The molecule has 0 saturated heterocycles. The number of benzene rings is 2. The predicted molar refractivity (Wildman–Crippen MR) is 107 cm³/mol. The molecule has 2 aromatic carbocycles. The van der Waals surface area contributed by atoms with E-state index < -0.39 is 5.97 Å². The van der Waals surface area contributed by atoms with Gasteiger partial charge in [0.05, 0.1) is 6.61 Å². The Balaban J connectivity index is 1.64. The second-order valence-corrected chi connectivity index (χ2v) is 6.56. The van der Waals surface area contributed by atoms with Crippen LogP contribution in [0.2, 0.25) is 0 Å². The van der Waals surface area contributed by atoms with Crippen molar-refractivity contribution in [2.45, 2.75) is 33.6 Å². The number of carbonyl (C=O) groups excluding carboxylic acids is 3. The van der Waals surface area contributed by atoms with Crippen LogP contribution in [0.4, 0.5) is 5.69 Å². The molecule has 0 unspecified atom stereocenters. The Kier molecular flexibility index (Phi) is 7.75. The van der Waals surface area contributed by atoms with Crippen LogP contribution >= 0.6 is 0 Å². The summed E-state index contributed by atoms with van der Waals surface area (Å²) < 4.78 is 10.5. The maximum atomic E-state index is 11.9. The number of anilines is 1. The lowest BCUT2D eigenvalue weighted by Crippen LogP contribution is -2.21. The zero-order valence-corrected chi connectivity index (χ0v) is 16.4. The number of rotatable bonds is 9. The number of ketones is 1. The Hall–Kier alpha value is -3.15. The van der Waals surface area contributed by atoms with Gasteiger partial charge in [-0.2, -0.15) is 0 Å². The SMILES string of the molecule is CC(=O)c1ccc(OCCCC(=O)OCC(=O)Nc2ccc(C)cc2C)cc1. The molecular formula is C22H25NO5. The molecule has 0 spiro atoms. The lowest BCUT2D eigenvalue weighted by atomic mass is 10.1. The molecule has 0 fully saturated rings. The number of Topliss-reactive ketones (excluding diaryl/α,β-unsaturated/α-hetero) is 1. The highest BCUT2D eigenvalue weighted by molar-refractivity contribution is 5.94. The van der Waals surface area contributed by atoms with Crippen LogP contribution in [0.3, 0.4) is 0 Å². The standard InChI is InChI=1S/C22H25NO5/c1-15-6-11-20(16(2)13-15)23-21(25)14-28-22(26)5-4-12-27-19-9-7-18(8-10-19)17(3)24/h6-11,13H,4-5,12,14H2,1-3H3,(H,23,25). The van der Waals surface area contributed by atoms with Gasteiger partial charge in [0.1, 0.15) is 5.75 Å². The smallest absolute Gasteiger partial charge is 0.306 e. The van der Waals surface area contributed by atoms with Crippen molar-refractivity contribution < 1.29 is 23.9 Å². The molecule has 0 heterocycles. The first-order chi connectivity index (χ1) is 13.3. The first-order valence-electron chi connectivity index (χ1n) is 9.11. The topological polar surface area (TPSA) is 81.7 Å². The van der Waals surface area contributed by atoms with E-state index in [0.717, 1.165) is 11.1 Å². The molecule has 148 valence electrons. The molecule has 1 N–H and O–H groups in total. The summed E-state index contributed by atoms with van der Waals surface area (Å²) in [4.78, 5) is 34.9. The van der Waals surface area contributed by atoms with Crippen LogP contribution in [0, 0.1) is 13.8 Å². The molecule has 0 bridgehead atoms. The minimum absolute atomic E-state index is 0.00382. The molecule has 28 heavy (non-hydrogen) atoms. The zero-order chi connectivity index (χ0) is 20.5. The third-order valence-electron chi connectivity index (χ3n) is 4.08. The fourth-order valence-electron chi connectivity index (χ4n) is 2.55. The highest BCUT2D eigenvalue weighted by atomic mass is 16.5. The minimum atomic E-state index is -0.452. The van der Waals surface area contributed by atoms with Gasteiger partial charge in [-0.3, -0.25) is 14.4 Å². The average molecular weight is 383 g/mol. The fourth-order valence-corrected chi connectivity index (χ4v) is 2.55. The lowest BCUT2D eigenvalue weighted by molar-refractivity contribution is -0.147. The van der Waals surface area contributed by atoms with Gasteiger partial charge in [0, 0.05) is 17.7 Å². The highest BCUT2D eigenvalue weighted by Gasteiger charge is 2.09. The zero-order valence-electron chi connectivity index (χ0n) is 16.4. The lowest BCUT2D eigenvalue weighted by Gasteiger charge is -2.10. The first kappa shape index (κ1) is 21.2. The molecule has 1 amide bonds. The number of esters is 1. The van der Waals surface area contributed by atoms with Crippen molar-refractivity contribution in [3.63, 3.8) is 0 Å². The molecule has 0 saturated carbocycles. The Morgan fingerprint density at radius 3 is 2.36 bits per heavy atom. The summed E-state index contributed by atoms with van der Waals surface area (Å²) >= 11 is 0. The Morgan fingerprint density at radius 2 is 1.71 bits per heavy atom. The van der Waals surface area contributed by atoms with E-state index in [2.05, 4.69) is 5.32 Å². The van der Waals surface area contributed by atoms with E-state index in [0.29, 0.717) is 30.0 Å². The fraction of sp³-hybridized carbons (Fsp3) is 0.318. The van der Waals surface area contributed by atoms with Gasteiger partial charge in [-0.25, -0.2) is 0 Å². The highest BCUT2D eigenvalue weighted by Crippen LogP contribution is 2.16. The molecule has 0 aliphatic rings. The summed E-state index contributed by atoms with van der Waals surface area (Å²) in [5, 5.41) is 2.73.